The first-order chi connectivity index (χ1) is 21.0. The fourth-order valence-corrected chi connectivity index (χ4v) is 6.52. The van der Waals surface area contributed by atoms with Gasteiger partial charge < -0.3 is 24.6 Å². The molecule has 5 rings (SSSR count). The van der Waals surface area contributed by atoms with Crippen LogP contribution in [0.4, 0.5) is 11.8 Å². The largest absolute Gasteiger partial charge is 0.462 e. The number of ether oxygens (including phenoxy) is 2. The highest BCUT2D eigenvalue weighted by molar-refractivity contribution is 7.52. The molecule has 0 aliphatic carbocycles. The molecular weight excluding hydrogens is 585 g/mol. The molecule has 232 valence electrons. The van der Waals surface area contributed by atoms with Gasteiger partial charge in [0, 0.05) is 19.5 Å². The van der Waals surface area contributed by atoms with Gasteiger partial charge in [-0.3, -0.25) is 13.9 Å². The number of fused-ring (bicyclic) bond motifs is 2. The summed E-state index contributed by atoms with van der Waals surface area (Å²) in [5.41, 5.74) is 7.00. The highest BCUT2D eigenvalue weighted by atomic mass is 31.2. The monoisotopic (exact) mass is 621 g/mol. The minimum absolute atomic E-state index is 0.0841. The van der Waals surface area contributed by atoms with E-state index in [2.05, 4.69) is 26.0 Å². The van der Waals surface area contributed by atoms with Crippen molar-refractivity contribution < 1.29 is 27.9 Å². The molecule has 0 radical (unpaired) electrons. The Morgan fingerprint density at radius 3 is 2.70 bits per heavy atom. The van der Waals surface area contributed by atoms with Gasteiger partial charge in [0.25, 0.3) is 0 Å². The Hall–Kier alpha value is -4.21. The molecule has 0 saturated carbocycles. The second-order valence-corrected chi connectivity index (χ2v) is 12.7. The van der Waals surface area contributed by atoms with E-state index < -0.39 is 32.1 Å². The minimum atomic E-state index is -4.17. The van der Waals surface area contributed by atoms with E-state index in [9.17, 15) is 9.36 Å². The average Bonchev–Trinajstić information content (AvgIpc) is 3.59. The Labute approximate surface area is 255 Å². The van der Waals surface area contributed by atoms with E-state index >= 15 is 0 Å². The highest BCUT2D eigenvalue weighted by Crippen LogP contribution is 2.48. The molecule has 1 aliphatic rings. The van der Waals surface area contributed by atoms with Gasteiger partial charge in [-0.25, -0.2) is 9.55 Å². The van der Waals surface area contributed by atoms with Crippen molar-refractivity contribution in [1.29, 1.82) is 0 Å². The van der Waals surface area contributed by atoms with E-state index in [1.807, 2.05) is 44.4 Å². The zero-order valence-electron chi connectivity index (χ0n) is 25.2. The van der Waals surface area contributed by atoms with Crippen LogP contribution in [0.15, 0.2) is 48.8 Å². The fraction of sp³-hybridized carbons (Fsp3) is 0.400. The van der Waals surface area contributed by atoms with E-state index in [4.69, 9.17) is 30.7 Å². The molecule has 0 spiro atoms. The van der Waals surface area contributed by atoms with Crippen LogP contribution >= 0.6 is 7.75 Å². The summed E-state index contributed by atoms with van der Waals surface area (Å²) in [5, 5.41) is 4.35. The molecule has 4 aromatic rings. The van der Waals surface area contributed by atoms with Crippen LogP contribution in [0.2, 0.25) is 0 Å². The molecule has 13 nitrogen and oxygen atoms in total. The van der Waals surface area contributed by atoms with Crippen molar-refractivity contribution in [2.75, 3.05) is 31.3 Å². The van der Waals surface area contributed by atoms with Crippen molar-refractivity contribution in [2.45, 2.75) is 51.7 Å². The molecule has 3 N–H and O–H groups in total. The van der Waals surface area contributed by atoms with E-state index in [1.165, 1.54) is 6.92 Å². The third-order valence-electron chi connectivity index (χ3n) is 6.98. The molecule has 1 aliphatic heterocycles. The van der Waals surface area contributed by atoms with Crippen LogP contribution in [0.1, 0.15) is 33.4 Å². The quantitative estimate of drug-likeness (QED) is 0.139. The van der Waals surface area contributed by atoms with Crippen LogP contribution in [-0.2, 0) is 23.4 Å². The van der Waals surface area contributed by atoms with Crippen LogP contribution in [0, 0.1) is 18.3 Å². The lowest BCUT2D eigenvalue weighted by atomic mass is 10.0. The number of anilines is 2. The number of benzene rings is 2. The Balaban J connectivity index is 1.39. The number of nitrogen functional groups attached to an aromatic ring is 1. The Bertz CT molecular complexity index is 1750. The van der Waals surface area contributed by atoms with Crippen LogP contribution in [-0.4, -0.2) is 64.4 Å². The SMILES string of the molecule is C#C[C@H]1C[C@@H](CO[P@@](=O)(N[C@H](C)C(=O)OC(C)C)Oc2cccc3ccccc23)O[C@H]1n1cnc2c(N(C)C)nc(N)nc21. The molecule has 3 heterocycles. The number of nitrogens with one attached hydrogen (secondary N) is 1. The summed E-state index contributed by atoms with van der Waals surface area (Å²) in [6.45, 7) is 4.84. The summed E-state index contributed by atoms with van der Waals surface area (Å²) < 4.78 is 39.6. The predicted molar refractivity (Wildman–Crippen MR) is 167 cm³/mol. The number of terminal acetylenes is 1. The van der Waals surface area contributed by atoms with Gasteiger partial charge in [-0.15, -0.1) is 6.42 Å². The maximum atomic E-state index is 14.2. The lowest BCUT2D eigenvalue weighted by Crippen LogP contribution is -2.36. The second kappa shape index (κ2) is 12.8. The van der Waals surface area contributed by atoms with Gasteiger partial charge in [0.05, 0.1) is 31.1 Å². The number of nitrogens with two attached hydrogens (primary N) is 1. The van der Waals surface area contributed by atoms with E-state index in [0.29, 0.717) is 29.2 Å². The molecule has 44 heavy (non-hydrogen) atoms. The molecule has 14 heteroatoms. The molecule has 2 aromatic heterocycles. The molecule has 2 aromatic carbocycles. The van der Waals surface area contributed by atoms with Gasteiger partial charge in [0.15, 0.2) is 23.2 Å². The molecule has 1 saturated heterocycles. The van der Waals surface area contributed by atoms with Gasteiger partial charge in [0.2, 0.25) is 5.95 Å². The number of hydrogen-bond donors (Lipinski definition) is 2. The standard InChI is InChI=1S/C30H36N7O6P/c1-7-20-15-22(42-28(20)37-17-32-25-26(36(5)6)33-30(31)34-27(25)37)16-40-44(39,35-19(4)29(38)41-18(2)3)43-24-14-10-12-21-11-8-9-13-23(21)24/h1,8-14,17-20,22,28H,15-16H2,2-6H3,(H,35,39)(H2,31,33,34)/t19-,20+,22+,28-,44+/m1/s1. The van der Waals surface area contributed by atoms with E-state index in [-0.39, 0.29) is 24.6 Å². The Kier molecular flexibility index (Phi) is 9.08. The van der Waals surface area contributed by atoms with Gasteiger partial charge in [-0.2, -0.15) is 15.1 Å². The lowest BCUT2D eigenvalue weighted by molar-refractivity contribution is -0.149. The summed E-state index contributed by atoms with van der Waals surface area (Å²) in [6.07, 6.45) is 6.31. The van der Waals surface area contributed by atoms with Crippen molar-refractivity contribution in [3.8, 4) is 18.1 Å². The number of esters is 1. The Morgan fingerprint density at radius 2 is 1.98 bits per heavy atom. The molecule has 0 unspecified atom stereocenters. The molecule has 5 atom stereocenters. The van der Waals surface area contributed by atoms with Crippen molar-refractivity contribution in [1.82, 2.24) is 24.6 Å². The van der Waals surface area contributed by atoms with Crippen molar-refractivity contribution in [2.24, 2.45) is 5.92 Å². The van der Waals surface area contributed by atoms with Gasteiger partial charge in [0.1, 0.15) is 11.8 Å². The van der Waals surface area contributed by atoms with Crippen molar-refractivity contribution in [3.63, 3.8) is 0 Å². The fourth-order valence-electron chi connectivity index (χ4n) is 4.98. The maximum absolute atomic E-state index is 14.2. The normalized spacial score (nSPS) is 20.3. The van der Waals surface area contributed by atoms with Crippen LogP contribution in [0.3, 0.4) is 0 Å². The zero-order chi connectivity index (χ0) is 31.6. The number of carbonyl (C=O) groups is 1. The third-order valence-corrected chi connectivity index (χ3v) is 8.61. The first-order valence-corrected chi connectivity index (χ1v) is 15.7. The first kappa shape index (κ1) is 31.2. The summed E-state index contributed by atoms with van der Waals surface area (Å²) in [4.78, 5) is 27.6. The number of aromatic nitrogens is 4. The summed E-state index contributed by atoms with van der Waals surface area (Å²) in [5.74, 6) is 2.77. The number of nitrogens with zero attached hydrogens (tertiary/aromatic N) is 5. The van der Waals surface area contributed by atoms with Crippen molar-refractivity contribution >= 4 is 47.4 Å². The number of hydrogen-bond acceptors (Lipinski definition) is 11. The zero-order valence-corrected chi connectivity index (χ0v) is 26.1. The lowest BCUT2D eigenvalue weighted by Gasteiger charge is -2.25. The molecule has 0 amide bonds. The van der Waals surface area contributed by atoms with E-state index in [0.717, 1.165) is 10.8 Å². The van der Waals surface area contributed by atoms with E-state index in [1.54, 1.807) is 41.8 Å². The van der Waals surface area contributed by atoms with Crippen LogP contribution < -0.4 is 20.2 Å². The average molecular weight is 622 g/mol. The topological polar surface area (TPSA) is 156 Å². The maximum Gasteiger partial charge on any atom is 0.459 e. The number of rotatable bonds is 11. The molecule has 1 fully saturated rings. The minimum Gasteiger partial charge on any atom is -0.462 e. The molecule has 0 bridgehead atoms. The van der Waals surface area contributed by atoms with Gasteiger partial charge in [-0.05, 0) is 38.6 Å². The van der Waals surface area contributed by atoms with Gasteiger partial charge >= 0.3 is 13.7 Å². The predicted octanol–water partition coefficient (Wildman–Crippen LogP) is 4.30. The van der Waals surface area contributed by atoms with Gasteiger partial charge in [-0.1, -0.05) is 42.3 Å². The third kappa shape index (κ3) is 6.64. The summed E-state index contributed by atoms with van der Waals surface area (Å²) in [7, 11) is -0.501. The highest BCUT2D eigenvalue weighted by Gasteiger charge is 2.40. The smallest absolute Gasteiger partial charge is 0.459 e. The number of imidazole rings is 1. The first-order valence-electron chi connectivity index (χ1n) is 14.2. The summed E-state index contributed by atoms with van der Waals surface area (Å²) >= 11 is 0. The second-order valence-electron chi connectivity index (χ2n) is 11.0. The Morgan fingerprint density at radius 1 is 1.23 bits per heavy atom. The number of carbonyl (C=O) groups excluding carboxylic acids is 1. The van der Waals surface area contributed by atoms with Crippen LogP contribution in [0.5, 0.6) is 5.75 Å². The van der Waals surface area contributed by atoms with Crippen LogP contribution in [0.25, 0.3) is 21.9 Å². The molecular formula is C30H36N7O6P. The van der Waals surface area contributed by atoms with Crippen molar-refractivity contribution in [3.05, 3.63) is 48.8 Å². The summed E-state index contributed by atoms with van der Waals surface area (Å²) in [6, 6.07) is 11.9.